The number of pyridine rings is 1. The Morgan fingerprint density at radius 1 is 1.46 bits per heavy atom. The first-order valence-electron chi connectivity index (χ1n) is 8.29. The van der Waals surface area contributed by atoms with Crippen molar-refractivity contribution in [3.63, 3.8) is 0 Å². The second-order valence-electron chi connectivity index (χ2n) is 6.17. The first-order chi connectivity index (χ1) is 11.7. The summed E-state index contributed by atoms with van der Waals surface area (Å²) in [5.74, 6) is 0.461. The third-order valence-electron chi connectivity index (χ3n) is 4.58. The van der Waals surface area contributed by atoms with Crippen molar-refractivity contribution in [2.45, 2.75) is 32.1 Å². The molecule has 0 radical (unpaired) electrons. The molecule has 3 aromatic rings. The van der Waals surface area contributed by atoms with Gasteiger partial charge in [-0.25, -0.2) is 4.98 Å². The Balaban J connectivity index is 1.53. The van der Waals surface area contributed by atoms with E-state index in [4.69, 9.17) is 4.52 Å². The van der Waals surface area contributed by atoms with Crippen LogP contribution >= 0.6 is 0 Å². The first kappa shape index (κ1) is 14.9. The van der Waals surface area contributed by atoms with E-state index in [2.05, 4.69) is 20.3 Å². The highest BCUT2D eigenvalue weighted by atomic mass is 16.5. The van der Waals surface area contributed by atoms with E-state index in [9.17, 15) is 4.79 Å². The van der Waals surface area contributed by atoms with Crippen LogP contribution in [0, 0.1) is 0 Å². The number of hydrogen-bond acceptors (Lipinski definition) is 5. The van der Waals surface area contributed by atoms with Gasteiger partial charge in [-0.05, 0) is 31.4 Å². The zero-order valence-corrected chi connectivity index (χ0v) is 13.5. The van der Waals surface area contributed by atoms with E-state index in [1.165, 1.54) is 0 Å². The second-order valence-corrected chi connectivity index (χ2v) is 6.17. The summed E-state index contributed by atoms with van der Waals surface area (Å²) >= 11 is 0. The smallest absolute Gasteiger partial charge is 0.292 e. The molecule has 0 saturated carbocycles. The van der Waals surface area contributed by atoms with Crippen LogP contribution in [0.5, 0.6) is 0 Å². The Morgan fingerprint density at radius 2 is 2.38 bits per heavy atom. The van der Waals surface area contributed by atoms with Gasteiger partial charge in [0.15, 0.2) is 5.65 Å². The number of aryl methyl sites for hydroxylation is 1. The predicted molar refractivity (Wildman–Crippen MR) is 87.6 cm³/mol. The van der Waals surface area contributed by atoms with Gasteiger partial charge in [0.05, 0.1) is 11.9 Å². The molecule has 4 rings (SSSR count). The Morgan fingerprint density at radius 3 is 3.21 bits per heavy atom. The number of aromatic amines is 1. The first-order valence-corrected chi connectivity index (χ1v) is 8.29. The Kier molecular flexibility index (Phi) is 3.76. The highest BCUT2D eigenvalue weighted by molar-refractivity contribution is 5.91. The lowest BCUT2D eigenvalue weighted by molar-refractivity contribution is 0.0664. The monoisotopic (exact) mass is 325 g/mol. The molecule has 7 heteroatoms. The minimum absolute atomic E-state index is 0.0884. The number of rotatable bonds is 3. The fourth-order valence-electron chi connectivity index (χ4n) is 3.21. The molecule has 24 heavy (non-hydrogen) atoms. The fourth-order valence-corrected chi connectivity index (χ4v) is 3.21. The molecule has 1 N–H and O–H groups in total. The van der Waals surface area contributed by atoms with E-state index in [1.807, 2.05) is 24.0 Å². The molecule has 3 aromatic heterocycles. The van der Waals surface area contributed by atoms with Crippen molar-refractivity contribution in [3.8, 4) is 0 Å². The second kappa shape index (κ2) is 6.07. The number of nitrogens with zero attached hydrogens (tertiary/aromatic N) is 4. The molecule has 1 aliphatic heterocycles. The average molecular weight is 325 g/mol. The molecular formula is C17H19N5O2. The van der Waals surface area contributed by atoms with Crippen molar-refractivity contribution in [1.29, 1.82) is 0 Å². The number of nitrogens with one attached hydrogen (secondary N) is 1. The third-order valence-corrected chi connectivity index (χ3v) is 4.58. The van der Waals surface area contributed by atoms with Gasteiger partial charge in [0.25, 0.3) is 5.91 Å². The van der Waals surface area contributed by atoms with Crippen LogP contribution in [0.2, 0.25) is 0 Å². The number of carbonyl (C=O) groups is 1. The topological polar surface area (TPSA) is 87.9 Å². The number of likely N-dealkylation sites (tertiary alicyclic amines) is 1. The van der Waals surface area contributed by atoms with E-state index < -0.39 is 0 Å². The van der Waals surface area contributed by atoms with Gasteiger partial charge in [-0.1, -0.05) is 12.1 Å². The maximum atomic E-state index is 12.6. The van der Waals surface area contributed by atoms with E-state index in [0.717, 1.165) is 48.2 Å². The zero-order chi connectivity index (χ0) is 16.5. The molecule has 1 fully saturated rings. The summed E-state index contributed by atoms with van der Waals surface area (Å²) in [4.78, 5) is 19.1. The van der Waals surface area contributed by atoms with Crippen LogP contribution in [0.25, 0.3) is 11.0 Å². The van der Waals surface area contributed by atoms with Crippen LogP contribution in [0.4, 0.5) is 0 Å². The Hall–Kier alpha value is -2.70. The summed E-state index contributed by atoms with van der Waals surface area (Å²) < 4.78 is 5.19. The molecule has 0 spiro atoms. The number of aromatic nitrogens is 4. The highest BCUT2D eigenvalue weighted by Crippen LogP contribution is 2.27. The Bertz CT molecular complexity index is 869. The van der Waals surface area contributed by atoms with E-state index in [0.29, 0.717) is 12.3 Å². The van der Waals surface area contributed by atoms with Gasteiger partial charge < -0.3 is 9.42 Å². The maximum Gasteiger partial charge on any atom is 0.292 e. The summed E-state index contributed by atoms with van der Waals surface area (Å²) in [7, 11) is 0. The molecule has 0 bridgehead atoms. The minimum atomic E-state index is -0.0884. The van der Waals surface area contributed by atoms with E-state index in [1.54, 1.807) is 12.3 Å². The molecule has 1 aliphatic rings. The number of amides is 1. The van der Waals surface area contributed by atoms with E-state index >= 15 is 0 Å². The normalized spacial score (nSPS) is 18.2. The highest BCUT2D eigenvalue weighted by Gasteiger charge is 2.28. The van der Waals surface area contributed by atoms with Gasteiger partial charge in [-0.3, -0.25) is 9.89 Å². The molecule has 7 nitrogen and oxygen atoms in total. The summed E-state index contributed by atoms with van der Waals surface area (Å²) in [6.45, 7) is 3.37. The van der Waals surface area contributed by atoms with Crippen molar-refractivity contribution in [2.24, 2.45) is 0 Å². The van der Waals surface area contributed by atoms with Gasteiger partial charge in [-0.15, -0.1) is 0 Å². The van der Waals surface area contributed by atoms with Crippen molar-refractivity contribution in [3.05, 3.63) is 41.5 Å². The molecule has 1 amide bonds. The maximum absolute atomic E-state index is 12.6. The fraction of sp³-hybridized carbons (Fsp3) is 0.412. The molecule has 0 aromatic carbocycles. The summed E-state index contributed by atoms with van der Waals surface area (Å²) in [6.07, 6.45) is 4.49. The van der Waals surface area contributed by atoms with Crippen molar-refractivity contribution < 1.29 is 9.32 Å². The summed E-state index contributed by atoms with van der Waals surface area (Å²) in [5.41, 5.74) is 2.59. The van der Waals surface area contributed by atoms with Gasteiger partial charge >= 0.3 is 0 Å². The predicted octanol–water partition coefficient (Wildman–Crippen LogP) is 2.53. The summed E-state index contributed by atoms with van der Waals surface area (Å²) in [5, 5.41) is 11.8. The SMILES string of the molecule is CCc1cc(C(=O)N2CCC[C@H](c3ccc4cn[nH]c4n3)C2)on1. The summed E-state index contributed by atoms with van der Waals surface area (Å²) in [6, 6.07) is 5.78. The molecule has 4 heterocycles. The lowest BCUT2D eigenvalue weighted by Gasteiger charge is -2.31. The Labute approximate surface area is 139 Å². The third kappa shape index (κ3) is 2.66. The van der Waals surface area contributed by atoms with Crippen molar-refractivity contribution in [2.75, 3.05) is 13.1 Å². The van der Waals surface area contributed by atoms with Crippen LogP contribution in [-0.4, -0.2) is 44.2 Å². The molecule has 0 unspecified atom stereocenters. The van der Waals surface area contributed by atoms with Crippen LogP contribution in [0.1, 0.15) is 47.6 Å². The van der Waals surface area contributed by atoms with Crippen molar-refractivity contribution in [1.82, 2.24) is 25.2 Å². The molecule has 0 aliphatic carbocycles. The van der Waals surface area contributed by atoms with Gasteiger partial charge in [0.1, 0.15) is 0 Å². The number of fused-ring (bicyclic) bond motifs is 1. The standard InChI is InChI=1S/C17H19N5O2/c1-2-13-8-15(24-21-13)17(23)22-7-3-4-12(10-22)14-6-5-11-9-18-20-16(11)19-14/h5-6,8-9,12H,2-4,7,10H2,1H3,(H,18,19,20)/t12-/m0/s1. The largest absolute Gasteiger partial charge is 0.351 e. The number of H-pyrrole nitrogens is 1. The van der Waals surface area contributed by atoms with Gasteiger partial charge in [0, 0.05) is 36.2 Å². The van der Waals surface area contributed by atoms with Crippen LogP contribution in [0.3, 0.4) is 0 Å². The zero-order valence-electron chi connectivity index (χ0n) is 13.5. The lowest BCUT2D eigenvalue weighted by Crippen LogP contribution is -2.39. The number of hydrogen-bond donors (Lipinski definition) is 1. The average Bonchev–Trinajstić information content (AvgIpc) is 3.29. The van der Waals surface area contributed by atoms with Gasteiger partial charge in [-0.2, -0.15) is 5.10 Å². The van der Waals surface area contributed by atoms with Crippen LogP contribution in [0.15, 0.2) is 28.9 Å². The molecule has 124 valence electrons. The van der Waals surface area contributed by atoms with Crippen LogP contribution < -0.4 is 0 Å². The van der Waals surface area contributed by atoms with Gasteiger partial charge in [0.2, 0.25) is 5.76 Å². The van der Waals surface area contributed by atoms with E-state index in [-0.39, 0.29) is 11.8 Å². The minimum Gasteiger partial charge on any atom is -0.351 e. The van der Waals surface area contributed by atoms with Crippen molar-refractivity contribution >= 4 is 16.9 Å². The lowest BCUT2D eigenvalue weighted by atomic mass is 9.94. The van der Waals surface area contributed by atoms with Crippen LogP contribution in [-0.2, 0) is 6.42 Å². The molecule has 1 saturated heterocycles. The number of piperidine rings is 1. The molecular weight excluding hydrogens is 306 g/mol. The quantitative estimate of drug-likeness (QED) is 0.799. The number of carbonyl (C=O) groups excluding carboxylic acids is 1. The molecule has 1 atom stereocenters.